The number of hydrogen-bond acceptors (Lipinski definition) is 4. The summed E-state index contributed by atoms with van der Waals surface area (Å²) in [5.74, 6) is -1.98. The molecule has 0 unspecified atom stereocenters. The number of likely N-dealkylation sites (N-methyl/N-ethyl adjacent to an activating group) is 1. The summed E-state index contributed by atoms with van der Waals surface area (Å²) in [6.45, 7) is 7.47. The van der Waals surface area contributed by atoms with Gasteiger partial charge in [-0.2, -0.15) is 0 Å². The molecule has 0 atom stereocenters. The van der Waals surface area contributed by atoms with Crippen LogP contribution in [-0.4, -0.2) is 54.3 Å². The van der Waals surface area contributed by atoms with Crippen LogP contribution in [0.4, 0.5) is 0 Å². The van der Waals surface area contributed by atoms with Gasteiger partial charge in [0.15, 0.2) is 0 Å². The summed E-state index contributed by atoms with van der Waals surface area (Å²) < 4.78 is 0.404. The number of carbonyl (C=O) groups excluding carboxylic acids is 1. The number of rotatable bonds is 6. The molecule has 0 saturated heterocycles. The van der Waals surface area contributed by atoms with Gasteiger partial charge in [-0.25, -0.2) is 0 Å². The molecule has 0 aromatic carbocycles. The molecule has 0 rings (SSSR count). The standard InChI is InChI=1S/C10H19NO2.C2H5NO2/c1-6-7-8-11(4,5)10(2,3)9(12)13;3-1-2(4)5/h6H,1,7-8H2,2-5H3;1,3H2,(H,4,5). The molecule has 106 valence electrons. The van der Waals surface area contributed by atoms with Crippen molar-refractivity contribution in [1.29, 1.82) is 0 Å². The quantitative estimate of drug-likeness (QED) is 0.480. The molecule has 0 aliphatic carbocycles. The molecule has 0 bridgehead atoms. The minimum absolute atomic E-state index is 0.278. The Labute approximate surface area is 108 Å². The summed E-state index contributed by atoms with van der Waals surface area (Å²) in [6.07, 6.45) is 2.61. The number of quaternary nitrogens is 1. The van der Waals surface area contributed by atoms with Crippen molar-refractivity contribution in [1.82, 2.24) is 0 Å². The van der Waals surface area contributed by atoms with Crippen LogP contribution in [0.5, 0.6) is 0 Å². The van der Waals surface area contributed by atoms with E-state index in [1.807, 2.05) is 14.1 Å². The van der Waals surface area contributed by atoms with Gasteiger partial charge >= 0.3 is 5.97 Å². The van der Waals surface area contributed by atoms with Crippen molar-refractivity contribution in [2.75, 3.05) is 27.2 Å². The maximum atomic E-state index is 10.9. The Bertz CT molecular complexity index is 298. The van der Waals surface area contributed by atoms with E-state index in [2.05, 4.69) is 12.3 Å². The molecule has 0 radical (unpaired) electrons. The number of carbonyl (C=O) groups is 2. The number of aliphatic carboxylic acids is 2. The molecule has 3 N–H and O–H groups in total. The summed E-state index contributed by atoms with van der Waals surface area (Å²) in [5, 5.41) is 18.5. The first kappa shape index (κ1) is 19.0. The maximum Gasteiger partial charge on any atom is 0.317 e. The second-order valence-electron chi connectivity index (χ2n) is 4.93. The second-order valence-corrected chi connectivity index (χ2v) is 4.93. The number of carboxylic acid groups (broad SMARTS) is 2. The lowest BCUT2D eigenvalue weighted by molar-refractivity contribution is -0.929. The zero-order valence-electron chi connectivity index (χ0n) is 11.6. The zero-order chi connectivity index (χ0) is 15.0. The smallest absolute Gasteiger partial charge is 0.317 e. The van der Waals surface area contributed by atoms with E-state index in [1.165, 1.54) is 0 Å². The molecule has 0 aliphatic rings. The molecular weight excluding hydrogens is 236 g/mol. The van der Waals surface area contributed by atoms with Gasteiger partial charge in [-0.05, 0) is 13.8 Å². The molecule has 6 nitrogen and oxygen atoms in total. The Morgan fingerprint density at radius 2 is 1.83 bits per heavy atom. The highest BCUT2D eigenvalue weighted by Crippen LogP contribution is 2.19. The van der Waals surface area contributed by atoms with Crippen LogP contribution in [0.1, 0.15) is 20.3 Å². The van der Waals surface area contributed by atoms with Crippen LogP contribution < -0.4 is 10.8 Å². The summed E-state index contributed by atoms with van der Waals surface area (Å²) in [7, 11) is 3.78. The summed E-state index contributed by atoms with van der Waals surface area (Å²) in [5.41, 5.74) is 3.71. The van der Waals surface area contributed by atoms with E-state index in [-0.39, 0.29) is 6.54 Å². The third kappa shape index (κ3) is 6.36. The van der Waals surface area contributed by atoms with E-state index < -0.39 is 17.5 Å². The van der Waals surface area contributed by atoms with Crippen LogP contribution in [0.3, 0.4) is 0 Å². The van der Waals surface area contributed by atoms with Crippen molar-refractivity contribution in [3.8, 4) is 0 Å². The van der Waals surface area contributed by atoms with Gasteiger partial charge in [0.05, 0.1) is 27.2 Å². The lowest BCUT2D eigenvalue weighted by atomic mass is 10.0. The van der Waals surface area contributed by atoms with Crippen molar-refractivity contribution < 1.29 is 24.3 Å². The fourth-order valence-corrected chi connectivity index (χ4v) is 0.941. The first-order valence-electron chi connectivity index (χ1n) is 5.60. The molecule has 18 heavy (non-hydrogen) atoms. The van der Waals surface area contributed by atoms with Gasteiger partial charge in [0.25, 0.3) is 0 Å². The third-order valence-electron chi connectivity index (χ3n) is 3.08. The normalized spacial score (nSPS) is 11.2. The molecule has 6 heteroatoms. The number of carboxylic acids is 2. The molecular formula is C12H24N2O4. The van der Waals surface area contributed by atoms with E-state index in [4.69, 9.17) is 5.11 Å². The van der Waals surface area contributed by atoms with E-state index in [1.54, 1.807) is 19.9 Å². The minimum atomic E-state index is -1.01. The van der Waals surface area contributed by atoms with Crippen molar-refractivity contribution in [3.63, 3.8) is 0 Å². The highest BCUT2D eigenvalue weighted by atomic mass is 16.4. The van der Waals surface area contributed by atoms with Crippen LogP contribution in [0.2, 0.25) is 0 Å². The molecule has 0 saturated carbocycles. The largest absolute Gasteiger partial charge is 0.544 e. The molecule has 0 spiro atoms. The molecule has 0 amide bonds. The molecule has 0 aromatic rings. The second kappa shape index (κ2) is 7.84. The van der Waals surface area contributed by atoms with Crippen molar-refractivity contribution >= 4 is 11.9 Å². The van der Waals surface area contributed by atoms with E-state index >= 15 is 0 Å². The van der Waals surface area contributed by atoms with Gasteiger partial charge in [-0.15, -0.1) is 6.58 Å². The van der Waals surface area contributed by atoms with Crippen LogP contribution in [0.25, 0.3) is 0 Å². The van der Waals surface area contributed by atoms with Crippen LogP contribution in [0.15, 0.2) is 12.7 Å². The van der Waals surface area contributed by atoms with Gasteiger partial charge in [-0.1, -0.05) is 6.08 Å². The number of nitrogens with two attached hydrogens (primary N) is 1. The fraction of sp³-hybridized carbons (Fsp3) is 0.667. The number of hydrogen-bond donors (Lipinski definition) is 2. The van der Waals surface area contributed by atoms with Crippen molar-refractivity contribution in [2.24, 2.45) is 5.73 Å². The Morgan fingerprint density at radius 3 is 2.06 bits per heavy atom. The van der Waals surface area contributed by atoms with Crippen LogP contribution in [-0.2, 0) is 9.59 Å². The first-order valence-corrected chi connectivity index (χ1v) is 5.60. The topological polar surface area (TPSA) is 103 Å². The highest BCUT2D eigenvalue weighted by molar-refractivity contribution is 5.73. The fourth-order valence-electron chi connectivity index (χ4n) is 0.941. The Hall–Kier alpha value is -1.40. The summed E-state index contributed by atoms with van der Waals surface area (Å²) in [4.78, 5) is 20.1. The Kier molecular flexibility index (Phi) is 8.25. The van der Waals surface area contributed by atoms with Crippen LogP contribution in [0, 0.1) is 0 Å². The average molecular weight is 260 g/mol. The van der Waals surface area contributed by atoms with Crippen molar-refractivity contribution in [2.45, 2.75) is 25.8 Å². The number of nitrogens with zero attached hydrogens (tertiary/aromatic N) is 1. The lowest BCUT2D eigenvalue weighted by Crippen LogP contribution is -2.64. The minimum Gasteiger partial charge on any atom is -0.544 e. The van der Waals surface area contributed by atoms with E-state index in [0.717, 1.165) is 13.0 Å². The van der Waals surface area contributed by atoms with Crippen LogP contribution >= 0.6 is 0 Å². The SMILES string of the molecule is C=CCC[N+](C)(C)C(C)(C)C(=O)[O-].NCC(=O)O. The maximum absolute atomic E-state index is 10.9. The van der Waals surface area contributed by atoms with Gasteiger partial charge in [0.2, 0.25) is 0 Å². The predicted molar refractivity (Wildman–Crippen MR) is 67.6 cm³/mol. The molecule has 0 fully saturated rings. The summed E-state index contributed by atoms with van der Waals surface area (Å²) in [6, 6.07) is 0. The molecule has 0 aliphatic heterocycles. The third-order valence-corrected chi connectivity index (χ3v) is 3.08. The predicted octanol–water partition coefficient (Wildman–Crippen LogP) is -0.803. The molecule has 0 aromatic heterocycles. The Morgan fingerprint density at radius 1 is 1.44 bits per heavy atom. The average Bonchev–Trinajstić information content (AvgIpc) is 2.26. The van der Waals surface area contributed by atoms with E-state index in [0.29, 0.717) is 4.48 Å². The lowest BCUT2D eigenvalue weighted by Gasteiger charge is -2.44. The van der Waals surface area contributed by atoms with Gasteiger partial charge in [0, 0.05) is 6.42 Å². The first-order chi connectivity index (χ1) is 8.02. The van der Waals surface area contributed by atoms with Gasteiger partial charge < -0.3 is 25.2 Å². The highest BCUT2D eigenvalue weighted by Gasteiger charge is 2.37. The summed E-state index contributed by atoms with van der Waals surface area (Å²) >= 11 is 0. The van der Waals surface area contributed by atoms with Gasteiger partial charge in [0.1, 0.15) is 11.5 Å². The van der Waals surface area contributed by atoms with E-state index in [9.17, 15) is 14.7 Å². The molecule has 0 heterocycles. The monoisotopic (exact) mass is 260 g/mol. The zero-order valence-corrected chi connectivity index (χ0v) is 11.6. The Balaban J connectivity index is 0. The van der Waals surface area contributed by atoms with Crippen molar-refractivity contribution in [3.05, 3.63) is 12.7 Å². The van der Waals surface area contributed by atoms with Gasteiger partial charge in [-0.3, -0.25) is 4.79 Å².